The molecule has 1 heterocycles. The van der Waals surface area contributed by atoms with Crippen LogP contribution in [0, 0.1) is 0 Å². The molecule has 1 aromatic heterocycles. The van der Waals surface area contributed by atoms with Crippen molar-refractivity contribution in [3.05, 3.63) is 103 Å². The molecule has 35 heavy (non-hydrogen) atoms. The van der Waals surface area contributed by atoms with Crippen molar-refractivity contribution in [1.29, 1.82) is 0 Å². The van der Waals surface area contributed by atoms with E-state index in [-0.39, 0.29) is 12.5 Å². The fourth-order valence-corrected chi connectivity index (χ4v) is 4.16. The van der Waals surface area contributed by atoms with E-state index < -0.39 is 0 Å². The maximum atomic E-state index is 12.2. The first-order chi connectivity index (χ1) is 17.3. The van der Waals surface area contributed by atoms with Gasteiger partial charge in [0, 0.05) is 18.4 Å². The van der Waals surface area contributed by atoms with Crippen molar-refractivity contribution in [1.82, 2.24) is 14.9 Å². The van der Waals surface area contributed by atoms with Crippen LogP contribution in [0.1, 0.15) is 5.82 Å². The molecular weight excluding hydrogens is 438 g/mol. The second-order valence-electron chi connectivity index (χ2n) is 8.20. The Hall–Kier alpha value is -4.32. The molecule has 0 radical (unpaired) electrons. The Bertz CT molecular complexity index is 1420. The number of carbonyl (C=O) groups excluding carboxylic acids is 1. The monoisotopic (exact) mass is 465 g/mol. The number of hydrogen-bond donors (Lipinski definition) is 1. The molecule has 4 aromatic carbocycles. The molecule has 5 rings (SSSR count). The summed E-state index contributed by atoms with van der Waals surface area (Å²) >= 11 is 0. The van der Waals surface area contributed by atoms with Gasteiger partial charge in [-0.05, 0) is 35.7 Å². The number of rotatable bonds is 10. The Morgan fingerprint density at radius 2 is 1.60 bits per heavy atom. The van der Waals surface area contributed by atoms with Crippen LogP contribution in [0.2, 0.25) is 0 Å². The van der Waals surface area contributed by atoms with Gasteiger partial charge in [-0.2, -0.15) is 0 Å². The SMILES string of the molecule is O=C(COc1ccccc1)NCCc1nc2ccccc2n1CCOc1cccc2ccccc12. The van der Waals surface area contributed by atoms with Gasteiger partial charge in [-0.3, -0.25) is 4.79 Å². The van der Waals surface area contributed by atoms with Crippen molar-refractivity contribution < 1.29 is 14.3 Å². The van der Waals surface area contributed by atoms with Crippen LogP contribution in [0.25, 0.3) is 21.8 Å². The largest absolute Gasteiger partial charge is 0.491 e. The highest BCUT2D eigenvalue weighted by Crippen LogP contribution is 2.25. The number of nitrogens with zero attached hydrogens (tertiary/aromatic N) is 2. The summed E-state index contributed by atoms with van der Waals surface area (Å²) in [6.45, 7) is 1.63. The summed E-state index contributed by atoms with van der Waals surface area (Å²) in [6.07, 6.45) is 0.611. The predicted molar refractivity (Wildman–Crippen MR) is 138 cm³/mol. The van der Waals surface area contributed by atoms with Gasteiger partial charge >= 0.3 is 0 Å². The smallest absolute Gasteiger partial charge is 0.257 e. The highest BCUT2D eigenvalue weighted by molar-refractivity contribution is 5.88. The molecule has 0 atom stereocenters. The summed E-state index contributed by atoms with van der Waals surface area (Å²) in [5.74, 6) is 2.31. The van der Waals surface area contributed by atoms with Gasteiger partial charge in [0.05, 0.1) is 17.6 Å². The van der Waals surface area contributed by atoms with Crippen molar-refractivity contribution in [2.75, 3.05) is 19.8 Å². The number of aromatic nitrogens is 2. The van der Waals surface area contributed by atoms with Gasteiger partial charge in [0.15, 0.2) is 6.61 Å². The molecule has 0 unspecified atom stereocenters. The van der Waals surface area contributed by atoms with E-state index in [1.165, 1.54) is 0 Å². The second-order valence-corrected chi connectivity index (χ2v) is 8.20. The summed E-state index contributed by atoms with van der Waals surface area (Å²) in [7, 11) is 0. The van der Waals surface area contributed by atoms with Crippen LogP contribution in [-0.4, -0.2) is 35.2 Å². The standard InChI is InChI=1S/C29H27N3O3/c33-29(21-35-23-11-2-1-3-12-23)30-18-17-28-31-25-14-6-7-15-26(25)32(28)19-20-34-27-16-8-10-22-9-4-5-13-24(22)27/h1-16H,17-21H2,(H,30,33). The lowest BCUT2D eigenvalue weighted by atomic mass is 10.1. The van der Waals surface area contributed by atoms with E-state index in [4.69, 9.17) is 14.5 Å². The van der Waals surface area contributed by atoms with E-state index in [0.29, 0.717) is 31.9 Å². The highest BCUT2D eigenvalue weighted by atomic mass is 16.5. The van der Waals surface area contributed by atoms with Crippen LogP contribution in [0.3, 0.4) is 0 Å². The highest BCUT2D eigenvalue weighted by Gasteiger charge is 2.12. The maximum Gasteiger partial charge on any atom is 0.257 e. The van der Waals surface area contributed by atoms with E-state index in [1.54, 1.807) is 0 Å². The first-order valence-electron chi connectivity index (χ1n) is 11.8. The van der Waals surface area contributed by atoms with Crippen molar-refractivity contribution >= 4 is 27.7 Å². The third kappa shape index (κ3) is 5.44. The van der Waals surface area contributed by atoms with E-state index in [0.717, 1.165) is 33.4 Å². The quantitative estimate of drug-likeness (QED) is 0.315. The minimum Gasteiger partial charge on any atom is -0.491 e. The van der Waals surface area contributed by atoms with Crippen LogP contribution >= 0.6 is 0 Å². The molecular formula is C29H27N3O3. The predicted octanol–water partition coefficient (Wildman–Crippen LogP) is 5.01. The lowest BCUT2D eigenvalue weighted by molar-refractivity contribution is -0.123. The molecule has 0 aliphatic heterocycles. The fourth-order valence-electron chi connectivity index (χ4n) is 4.16. The second kappa shape index (κ2) is 10.7. The number of imidazole rings is 1. The normalized spacial score (nSPS) is 11.0. The minimum atomic E-state index is -0.157. The minimum absolute atomic E-state index is 0.0146. The van der Waals surface area contributed by atoms with Crippen molar-refractivity contribution in [2.45, 2.75) is 13.0 Å². The third-order valence-electron chi connectivity index (χ3n) is 5.84. The van der Waals surface area contributed by atoms with E-state index in [2.05, 4.69) is 34.1 Å². The van der Waals surface area contributed by atoms with Gasteiger partial charge in [0.2, 0.25) is 0 Å². The lowest BCUT2D eigenvalue weighted by Gasteiger charge is -2.13. The van der Waals surface area contributed by atoms with Gasteiger partial charge < -0.3 is 19.4 Å². The molecule has 1 N–H and O–H groups in total. The Morgan fingerprint density at radius 1 is 0.829 bits per heavy atom. The number of hydrogen-bond acceptors (Lipinski definition) is 4. The first-order valence-corrected chi connectivity index (χ1v) is 11.8. The zero-order valence-corrected chi connectivity index (χ0v) is 19.4. The molecule has 5 aromatic rings. The summed E-state index contributed by atoms with van der Waals surface area (Å²) in [5, 5.41) is 5.19. The number of amides is 1. The summed E-state index contributed by atoms with van der Waals surface area (Å²) < 4.78 is 13.9. The fraction of sp³-hybridized carbons (Fsp3) is 0.172. The van der Waals surface area contributed by atoms with Crippen LogP contribution in [0.4, 0.5) is 0 Å². The summed E-state index contributed by atoms with van der Waals surface area (Å²) in [5.41, 5.74) is 1.99. The molecule has 0 saturated heterocycles. The van der Waals surface area contributed by atoms with E-state index >= 15 is 0 Å². The number of carbonyl (C=O) groups is 1. The summed E-state index contributed by atoms with van der Waals surface area (Å²) in [4.78, 5) is 17.0. The third-order valence-corrected chi connectivity index (χ3v) is 5.84. The molecule has 6 nitrogen and oxygen atoms in total. The van der Waals surface area contributed by atoms with Crippen LogP contribution in [0.15, 0.2) is 97.1 Å². The zero-order chi connectivity index (χ0) is 23.9. The van der Waals surface area contributed by atoms with Gasteiger partial charge in [0.1, 0.15) is 23.9 Å². The topological polar surface area (TPSA) is 65.4 Å². The summed E-state index contributed by atoms with van der Waals surface area (Å²) in [6, 6.07) is 31.7. The number of ether oxygens (including phenoxy) is 2. The first kappa shape index (κ1) is 22.5. The van der Waals surface area contributed by atoms with Gasteiger partial charge in [-0.1, -0.05) is 66.7 Å². The van der Waals surface area contributed by atoms with Crippen LogP contribution in [-0.2, 0) is 17.8 Å². The molecule has 0 bridgehead atoms. The molecule has 0 aliphatic rings. The average molecular weight is 466 g/mol. The van der Waals surface area contributed by atoms with E-state index in [1.807, 2.05) is 72.8 Å². The van der Waals surface area contributed by atoms with Crippen molar-refractivity contribution in [3.8, 4) is 11.5 Å². The lowest BCUT2D eigenvalue weighted by Crippen LogP contribution is -2.31. The van der Waals surface area contributed by atoms with Crippen molar-refractivity contribution in [2.24, 2.45) is 0 Å². The van der Waals surface area contributed by atoms with E-state index in [9.17, 15) is 4.79 Å². The zero-order valence-electron chi connectivity index (χ0n) is 19.4. The van der Waals surface area contributed by atoms with Gasteiger partial charge in [-0.25, -0.2) is 4.98 Å². The number of nitrogens with one attached hydrogen (secondary N) is 1. The number of para-hydroxylation sites is 3. The van der Waals surface area contributed by atoms with Gasteiger partial charge in [-0.15, -0.1) is 0 Å². The Labute approximate surface area is 204 Å². The molecule has 176 valence electrons. The molecule has 0 saturated carbocycles. The molecule has 0 aliphatic carbocycles. The molecule has 6 heteroatoms. The van der Waals surface area contributed by atoms with Gasteiger partial charge in [0.25, 0.3) is 5.91 Å². The Morgan fingerprint density at radius 3 is 2.51 bits per heavy atom. The molecule has 1 amide bonds. The average Bonchev–Trinajstić information content (AvgIpc) is 3.25. The maximum absolute atomic E-state index is 12.2. The van der Waals surface area contributed by atoms with Crippen molar-refractivity contribution in [3.63, 3.8) is 0 Å². The number of benzene rings is 4. The Balaban J connectivity index is 1.21. The molecule has 0 spiro atoms. The van der Waals surface area contributed by atoms with Crippen LogP contribution in [0.5, 0.6) is 11.5 Å². The van der Waals surface area contributed by atoms with Crippen LogP contribution < -0.4 is 14.8 Å². The Kier molecular flexibility index (Phi) is 6.89. The molecule has 0 fully saturated rings. The number of fused-ring (bicyclic) bond motifs is 2.